The highest BCUT2D eigenvalue weighted by molar-refractivity contribution is 7.89. The minimum absolute atomic E-state index is 0.206. The van der Waals surface area contributed by atoms with Gasteiger partial charge in [-0.1, -0.05) is 13.0 Å². The van der Waals surface area contributed by atoms with Gasteiger partial charge in [-0.25, -0.2) is 8.42 Å². The topological polar surface area (TPSA) is 83.6 Å². The quantitative estimate of drug-likeness (QED) is 0.811. The molecule has 3 rings (SSSR count). The third-order valence-electron chi connectivity index (χ3n) is 4.33. The molecule has 0 aromatic heterocycles. The van der Waals surface area contributed by atoms with E-state index in [1.165, 1.54) is 10.4 Å². The third-order valence-corrected chi connectivity index (χ3v) is 6.20. The van der Waals surface area contributed by atoms with Crippen molar-refractivity contribution >= 4 is 15.7 Å². The first kappa shape index (κ1) is 13.9. The molecule has 3 N–H and O–H groups in total. The Hall–Kier alpha value is -1.11. The molecule has 1 aliphatic carbocycles. The second-order valence-electron chi connectivity index (χ2n) is 5.87. The van der Waals surface area contributed by atoms with Crippen molar-refractivity contribution in [3.05, 3.63) is 23.8 Å². The Morgan fingerprint density at radius 3 is 2.60 bits per heavy atom. The molecule has 1 aliphatic heterocycles. The number of benzene rings is 1. The fourth-order valence-electron chi connectivity index (χ4n) is 2.86. The Bertz CT molecular complexity index is 632. The maximum atomic E-state index is 12.6. The van der Waals surface area contributed by atoms with E-state index in [0.29, 0.717) is 12.1 Å². The minimum atomic E-state index is -3.55. The summed E-state index contributed by atoms with van der Waals surface area (Å²) in [4.78, 5) is 0.276. The van der Waals surface area contributed by atoms with Gasteiger partial charge in [0, 0.05) is 18.8 Å². The van der Waals surface area contributed by atoms with Crippen LogP contribution in [0, 0.1) is 5.92 Å². The van der Waals surface area contributed by atoms with Crippen LogP contribution in [0.2, 0.25) is 0 Å². The molecular weight excluding hydrogens is 276 g/mol. The Morgan fingerprint density at radius 1 is 1.40 bits per heavy atom. The lowest BCUT2D eigenvalue weighted by Gasteiger charge is -2.46. The molecule has 0 bridgehead atoms. The molecule has 110 valence electrons. The molecule has 6 heteroatoms. The second kappa shape index (κ2) is 4.44. The SMILES string of the molecule is CCc1ccc(N)cc1S(=O)(=O)N1CC(O)(C2CC2)C1. The van der Waals surface area contributed by atoms with E-state index in [1.54, 1.807) is 12.1 Å². The molecule has 5 nitrogen and oxygen atoms in total. The van der Waals surface area contributed by atoms with Crippen molar-refractivity contribution in [2.75, 3.05) is 18.8 Å². The van der Waals surface area contributed by atoms with Crippen LogP contribution in [-0.4, -0.2) is 36.5 Å². The predicted octanol–water partition coefficient (Wildman–Crippen LogP) is 0.977. The molecule has 1 heterocycles. The normalized spacial score (nSPS) is 22.5. The van der Waals surface area contributed by atoms with Crippen LogP contribution >= 0.6 is 0 Å². The van der Waals surface area contributed by atoms with E-state index >= 15 is 0 Å². The Balaban J connectivity index is 1.88. The molecule has 1 saturated heterocycles. The van der Waals surface area contributed by atoms with Gasteiger partial charge in [0.05, 0.1) is 10.5 Å². The molecule has 0 amide bonds. The summed E-state index contributed by atoms with van der Waals surface area (Å²) >= 11 is 0. The van der Waals surface area contributed by atoms with Crippen LogP contribution in [-0.2, 0) is 16.4 Å². The van der Waals surface area contributed by atoms with Crippen molar-refractivity contribution in [3.63, 3.8) is 0 Å². The number of hydrogen-bond donors (Lipinski definition) is 2. The van der Waals surface area contributed by atoms with Crippen molar-refractivity contribution < 1.29 is 13.5 Å². The van der Waals surface area contributed by atoms with E-state index in [0.717, 1.165) is 18.4 Å². The van der Waals surface area contributed by atoms with Gasteiger partial charge >= 0.3 is 0 Å². The summed E-state index contributed by atoms with van der Waals surface area (Å²) in [5.74, 6) is 0.278. The van der Waals surface area contributed by atoms with Crippen molar-refractivity contribution in [1.29, 1.82) is 0 Å². The summed E-state index contributed by atoms with van der Waals surface area (Å²) in [6, 6.07) is 4.99. The van der Waals surface area contributed by atoms with Gasteiger partial charge in [-0.05, 0) is 42.9 Å². The summed E-state index contributed by atoms with van der Waals surface area (Å²) in [6.07, 6.45) is 2.64. The Labute approximate surface area is 119 Å². The van der Waals surface area contributed by atoms with E-state index in [-0.39, 0.29) is 23.9 Å². The number of nitrogen functional groups attached to an aromatic ring is 1. The maximum Gasteiger partial charge on any atom is 0.243 e. The number of hydrogen-bond acceptors (Lipinski definition) is 4. The van der Waals surface area contributed by atoms with Crippen molar-refractivity contribution in [3.8, 4) is 0 Å². The number of anilines is 1. The number of rotatable bonds is 4. The van der Waals surface area contributed by atoms with Crippen LogP contribution in [0.3, 0.4) is 0 Å². The number of nitrogens with two attached hydrogens (primary N) is 1. The molecule has 0 atom stereocenters. The Morgan fingerprint density at radius 2 is 2.05 bits per heavy atom. The maximum absolute atomic E-state index is 12.6. The molecule has 1 aromatic rings. The largest absolute Gasteiger partial charge is 0.399 e. The predicted molar refractivity (Wildman–Crippen MR) is 76.7 cm³/mol. The first-order valence-corrected chi connectivity index (χ1v) is 8.42. The van der Waals surface area contributed by atoms with Crippen LogP contribution in [0.5, 0.6) is 0 Å². The van der Waals surface area contributed by atoms with Crippen LogP contribution < -0.4 is 5.73 Å². The van der Waals surface area contributed by atoms with Crippen molar-refractivity contribution in [2.45, 2.75) is 36.7 Å². The number of aryl methyl sites for hydroxylation is 1. The average Bonchev–Trinajstić information content (AvgIpc) is 3.19. The van der Waals surface area contributed by atoms with Crippen LogP contribution in [0.4, 0.5) is 5.69 Å². The van der Waals surface area contributed by atoms with Crippen LogP contribution in [0.15, 0.2) is 23.1 Å². The van der Waals surface area contributed by atoms with Gasteiger partial charge < -0.3 is 10.8 Å². The van der Waals surface area contributed by atoms with Crippen molar-refractivity contribution in [1.82, 2.24) is 4.31 Å². The standard InChI is InChI=1S/C14H20N2O3S/c1-2-10-3-6-12(15)7-13(10)20(18,19)16-8-14(17,9-16)11-4-5-11/h3,6-7,11,17H,2,4-5,8-9,15H2,1H3. The lowest BCUT2D eigenvalue weighted by Crippen LogP contribution is -2.64. The number of β-amino-alcohol motifs (C(OH)–C–C–N with tert-alkyl or cyclic N) is 1. The fraction of sp³-hybridized carbons (Fsp3) is 0.571. The number of sulfonamides is 1. The molecule has 0 spiro atoms. The van der Waals surface area contributed by atoms with Gasteiger partial charge in [-0.15, -0.1) is 0 Å². The smallest absolute Gasteiger partial charge is 0.243 e. The summed E-state index contributed by atoms with van der Waals surface area (Å²) in [5.41, 5.74) is 6.12. The molecule has 2 fully saturated rings. The molecule has 20 heavy (non-hydrogen) atoms. The monoisotopic (exact) mass is 296 g/mol. The van der Waals surface area contributed by atoms with Gasteiger partial charge in [0.25, 0.3) is 0 Å². The lowest BCUT2D eigenvalue weighted by atomic mass is 9.91. The molecule has 1 saturated carbocycles. The van der Waals surface area contributed by atoms with E-state index in [4.69, 9.17) is 5.73 Å². The molecule has 1 aromatic carbocycles. The van der Waals surface area contributed by atoms with E-state index in [1.807, 2.05) is 6.92 Å². The van der Waals surface area contributed by atoms with Gasteiger partial charge in [-0.3, -0.25) is 0 Å². The molecular formula is C14H20N2O3S. The molecule has 2 aliphatic rings. The van der Waals surface area contributed by atoms with E-state index in [2.05, 4.69) is 0 Å². The third kappa shape index (κ3) is 2.12. The zero-order chi connectivity index (χ0) is 14.5. The summed E-state index contributed by atoms with van der Waals surface area (Å²) < 4.78 is 26.6. The van der Waals surface area contributed by atoms with Crippen LogP contribution in [0.1, 0.15) is 25.3 Å². The summed E-state index contributed by atoms with van der Waals surface area (Å²) in [5, 5.41) is 10.3. The zero-order valence-electron chi connectivity index (χ0n) is 11.5. The average molecular weight is 296 g/mol. The first-order chi connectivity index (χ1) is 9.37. The second-order valence-corrected chi connectivity index (χ2v) is 7.78. The molecule has 0 unspecified atom stereocenters. The highest BCUT2D eigenvalue weighted by atomic mass is 32.2. The lowest BCUT2D eigenvalue weighted by molar-refractivity contribution is -0.0765. The van der Waals surface area contributed by atoms with Gasteiger partial charge in [-0.2, -0.15) is 4.31 Å². The Kier molecular flexibility index (Phi) is 3.08. The zero-order valence-corrected chi connectivity index (χ0v) is 12.4. The van der Waals surface area contributed by atoms with Crippen LogP contribution in [0.25, 0.3) is 0 Å². The number of nitrogens with zero attached hydrogens (tertiary/aromatic N) is 1. The van der Waals surface area contributed by atoms with Gasteiger partial charge in [0.1, 0.15) is 0 Å². The van der Waals surface area contributed by atoms with Crippen molar-refractivity contribution in [2.24, 2.45) is 5.92 Å². The summed E-state index contributed by atoms with van der Waals surface area (Å²) in [6.45, 7) is 2.33. The highest BCUT2D eigenvalue weighted by Crippen LogP contribution is 2.46. The van der Waals surface area contributed by atoms with Gasteiger partial charge in [0.15, 0.2) is 0 Å². The van der Waals surface area contributed by atoms with Gasteiger partial charge in [0.2, 0.25) is 10.0 Å². The number of aliphatic hydroxyl groups is 1. The fourth-order valence-corrected chi connectivity index (χ4v) is 4.75. The summed E-state index contributed by atoms with van der Waals surface area (Å²) in [7, 11) is -3.55. The minimum Gasteiger partial charge on any atom is -0.399 e. The van der Waals surface area contributed by atoms with E-state index < -0.39 is 15.6 Å². The first-order valence-electron chi connectivity index (χ1n) is 6.98. The van der Waals surface area contributed by atoms with E-state index in [9.17, 15) is 13.5 Å². The highest BCUT2D eigenvalue weighted by Gasteiger charge is 2.55. The molecule has 0 radical (unpaired) electrons.